The molecule has 0 radical (unpaired) electrons. The van der Waals surface area contributed by atoms with Crippen LogP contribution in [0.25, 0.3) is 5.65 Å². The molecule has 0 amide bonds. The SMILES string of the molecule is Cc1ccc(CNc2ccc3ncc([N+](=O)[O-])n3n2)c(OCC2CCCO2)c1. The van der Waals surface area contributed by atoms with E-state index in [1.165, 1.54) is 10.7 Å². The lowest BCUT2D eigenvalue weighted by Gasteiger charge is -2.16. The van der Waals surface area contributed by atoms with Gasteiger partial charge in [-0.15, -0.1) is 0 Å². The standard InChI is InChI=1S/C19H21N5O4/c1-13-4-5-14(16(9-13)28-12-15-3-2-8-27-15)10-20-17-6-7-18-21-11-19(24(25)26)23(18)22-17/h4-7,9,11,15H,2-3,8,10,12H2,1H3,(H,20,22). The summed E-state index contributed by atoms with van der Waals surface area (Å²) in [6.07, 6.45) is 3.44. The summed E-state index contributed by atoms with van der Waals surface area (Å²) in [5.74, 6) is 1.14. The Labute approximate surface area is 161 Å². The molecule has 9 nitrogen and oxygen atoms in total. The molecule has 0 spiro atoms. The van der Waals surface area contributed by atoms with E-state index in [1.807, 2.05) is 25.1 Å². The van der Waals surface area contributed by atoms with Crippen LogP contribution in [0.3, 0.4) is 0 Å². The van der Waals surface area contributed by atoms with Gasteiger partial charge in [-0.3, -0.25) is 0 Å². The molecule has 1 fully saturated rings. The van der Waals surface area contributed by atoms with E-state index in [4.69, 9.17) is 9.47 Å². The van der Waals surface area contributed by atoms with Crippen molar-refractivity contribution in [2.45, 2.75) is 32.4 Å². The van der Waals surface area contributed by atoms with Crippen LogP contribution in [0.5, 0.6) is 5.75 Å². The summed E-state index contributed by atoms with van der Waals surface area (Å²) in [6, 6.07) is 9.46. The average molecular weight is 383 g/mol. The number of anilines is 1. The van der Waals surface area contributed by atoms with Crippen LogP contribution < -0.4 is 10.1 Å². The monoisotopic (exact) mass is 383 g/mol. The van der Waals surface area contributed by atoms with Gasteiger partial charge in [0.05, 0.1) is 6.10 Å². The molecule has 0 bridgehead atoms. The highest BCUT2D eigenvalue weighted by Gasteiger charge is 2.18. The van der Waals surface area contributed by atoms with Crippen LogP contribution in [0.2, 0.25) is 0 Å². The van der Waals surface area contributed by atoms with Crippen molar-refractivity contribution in [2.24, 2.45) is 0 Å². The highest BCUT2D eigenvalue weighted by Crippen LogP contribution is 2.23. The lowest BCUT2D eigenvalue weighted by molar-refractivity contribution is -0.391. The lowest BCUT2D eigenvalue weighted by Crippen LogP contribution is -2.17. The average Bonchev–Trinajstić information content (AvgIpc) is 3.34. The summed E-state index contributed by atoms with van der Waals surface area (Å²) in [4.78, 5) is 14.6. The van der Waals surface area contributed by atoms with Gasteiger partial charge in [0.2, 0.25) is 5.65 Å². The molecule has 0 aliphatic carbocycles. The fourth-order valence-electron chi connectivity index (χ4n) is 3.17. The zero-order valence-corrected chi connectivity index (χ0v) is 15.5. The first-order chi connectivity index (χ1) is 13.6. The molecule has 28 heavy (non-hydrogen) atoms. The number of benzene rings is 1. The van der Waals surface area contributed by atoms with Crippen LogP contribution in [-0.2, 0) is 11.3 Å². The van der Waals surface area contributed by atoms with E-state index in [0.717, 1.165) is 36.3 Å². The van der Waals surface area contributed by atoms with Crippen molar-refractivity contribution in [3.05, 3.63) is 57.8 Å². The van der Waals surface area contributed by atoms with Crippen LogP contribution in [0.15, 0.2) is 36.5 Å². The van der Waals surface area contributed by atoms with Gasteiger partial charge in [-0.2, -0.15) is 0 Å². The highest BCUT2D eigenvalue weighted by atomic mass is 16.6. The molecule has 1 aromatic carbocycles. The van der Waals surface area contributed by atoms with E-state index in [9.17, 15) is 10.1 Å². The number of fused-ring (bicyclic) bond motifs is 1. The van der Waals surface area contributed by atoms with Gasteiger partial charge in [0.15, 0.2) is 5.82 Å². The molecule has 9 heteroatoms. The molecule has 2 aromatic heterocycles. The van der Waals surface area contributed by atoms with Gasteiger partial charge in [0, 0.05) is 24.8 Å². The molecule has 1 unspecified atom stereocenters. The number of hydrogen-bond donors (Lipinski definition) is 1. The molecule has 1 aliphatic heterocycles. The first-order valence-corrected chi connectivity index (χ1v) is 9.17. The summed E-state index contributed by atoms with van der Waals surface area (Å²) in [6.45, 7) is 3.82. The van der Waals surface area contributed by atoms with Gasteiger partial charge in [-0.25, -0.2) is 4.98 Å². The molecule has 1 saturated heterocycles. The minimum Gasteiger partial charge on any atom is -0.491 e. The molecule has 146 valence electrons. The van der Waals surface area contributed by atoms with Gasteiger partial charge in [-0.1, -0.05) is 21.7 Å². The first kappa shape index (κ1) is 18.2. The number of imidazole rings is 1. The fraction of sp³-hybridized carbons (Fsp3) is 0.368. The first-order valence-electron chi connectivity index (χ1n) is 9.17. The molecule has 1 atom stereocenters. The van der Waals surface area contributed by atoms with E-state index in [0.29, 0.717) is 24.6 Å². The summed E-state index contributed by atoms with van der Waals surface area (Å²) < 4.78 is 12.8. The fourth-order valence-corrected chi connectivity index (χ4v) is 3.17. The predicted octanol–water partition coefficient (Wildman–Crippen LogP) is 3.12. The second kappa shape index (κ2) is 7.81. The molecule has 3 heterocycles. The third-order valence-corrected chi connectivity index (χ3v) is 4.66. The third-order valence-electron chi connectivity index (χ3n) is 4.66. The van der Waals surface area contributed by atoms with Crippen LogP contribution in [0.4, 0.5) is 11.6 Å². The minimum absolute atomic E-state index is 0.146. The molecular weight excluding hydrogens is 362 g/mol. The Morgan fingerprint density at radius 1 is 1.39 bits per heavy atom. The van der Waals surface area contributed by atoms with Gasteiger partial charge in [0.1, 0.15) is 18.6 Å². The number of aryl methyl sites for hydroxylation is 1. The van der Waals surface area contributed by atoms with Crippen molar-refractivity contribution >= 4 is 17.3 Å². The smallest absolute Gasteiger partial charge is 0.368 e. The largest absolute Gasteiger partial charge is 0.491 e. The second-order valence-electron chi connectivity index (χ2n) is 6.77. The summed E-state index contributed by atoms with van der Waals surface area (Å²) in [7, 11) is 0. The van der Waals surface area contributed by atoms with E-state index in [1.54, 1.807) is 12.1 Å². The van der Waals surface area contributed by atoms with Gasteiger partial charge in [-0.05, 0) is 42.4 Å². The summed E-state index contributed by atoms with van der Waals surface area (Å²) in [5.41, 5.74) is 2.51. The van der Waals surface area contributed by atoms with Crippen LogP contribution >= 0.6 is 0 Å². The zero-order chi connectivity index (χ0) is 19.5. The maximum atomic E-state index is 11.1. The quantitative estimate of drug-likeness (QED) is 0.494. The molecular formula is C19H21N5O4. The number of rotatable bonds is 7. The Hall–Kier alpha value is -3.20. The number of ether oxygens (including phenoxy) is 2. The normalized spacial score (nSPS) is 16.4. The molecule has 0 saturated carbocycles. The maximum absolute atomic E-state index is 11.1. The van der Waals surface area contributed by atoms with Gasteiger partial charge >= 0.3 is 5.82 Å². The topological polar surface area (TPSA) is 104 Å². The van der Waals surface area contributed by atoms with Crippen LogP contribution in [0.1, 0.15) is 24.0 Å². The number of nitro groups is 1. The third kappa shape index (κ3) is 3.89. The second-order valence-corrected chi connectivity index (χ2v) is 6.77. The molecule has 1 N–H and O–H groups in total. The molecule has 3 aromatic rings. The van der Waals surface area contributed by atoms with Crippen molar-refractivity contribution in [1.29, 1.82) is 0 Å². The predicted molar refractivity (Wildman–Crippen MR) is 103 cm³/mol. The Bertz CT molecular complexity index is 997. The van der Waals surface area contributed by atoms with Crippen molar-refractivity contribution in [3.8, 4) is 5.75 Å². The van der Waals surface area contributed by atoms with Crippen molar-refractivity contribution in [2.75, 3.05) is 18.5 Å². The Kier molecular flexibility index (Phi) is 5.07. The summed E-state index contributed by atoms with van der Waals surface area (Å²) >= 11 is 0. The van der Waals surface area contributed by atoms with E-state index in [2.05, 4.69) is 15.4 Å². The van der Waals surface area contributed by atoms with Crippen LogP contribution in [0, 0.1) is 17.0 Å². The highest BCUT2D eigenvalue weighted by molar-refractivity contribution is 5.49. The minimum atomic E-state index is -0.506. The maximum Gasteiger partial charge on any atom is 0.368 e. The van der Waals surface area contributed by atoms with Crippen LogP contribution in [-0.4, -0.2) is 38.8 Å². The summed E-state index contributed by atoms with van der Waals surface area (Å²) in [5, 5.41) is 18.6. The number of nitrogens with zero attached hydrogens (tertiary/aromatic N) is 4. The van der Waals surface area contributed by atoms with Crippen molar-refractivity contribution < 1.29 is 14.4 Å². The lowest BCUT2D eigenvalue weighted by atomic mass is 10.1. The Balaban J connectivity index is 1.48. The number of aromatic nitrogens is 3. The van der Waals surface area contributed by atoms with Crippen molar-refractivity contribution in [3.63, 3.8) is 0 Å². The number of hydrogen-bond acceptors (Lipinski definition) is 7. The van der Waals surface area contributed by atoms with Crippen molar-refractivity contribution in [1.82, 2.24) is 14.6 Å². The zero-order valence-electron chi connectivity index (χ0n) is 15.5. The van der Waals surface area contributed by atoms with Gasteiger partial charge in [0.25, 0.3) is 0 Å². The molecule has 4 rings (SSSR count). The molecule has 1 aliphatic rings. The van der Waals surface area contributed by atoms with E-state index in [-0.39, 0.29) is 11.9 Å². The van der Waals surface area contributed by atoms with E-state index >= 15 is 0 Å². The number of nitrogens with one attached hydrogen (secondary N) is 1. The van der Waals surface area contributed by atoms with Gasteiger partial charge < -0.3 is 24.9 Å². The Morgan fingerprint density at radius 3 is 3.07 bits per heavy atom. The Morgan fingerprint density at radius 2 is 2.29 bits per heavy atom. The van der Waals surface area contributed by atoms with E-state index < -0.39 is 4.92 Å².